The molecule has 136 valence electrons. The van der Waals surface area contributed by atoms with Crippen molar-refractivity contribution in [3.8, 4) is 23.0 Å². The molecule has 0 saturated carbocycles. The van der Waals surface area contributed by atoms with Gasteiger partial charge in [-0.3, -0.25) is 0 Å². The number of aryl methyl sites for hydroxylation is 2. The normalized spacial score (nSPS) is 12.0. The molecule has 0 aliphatic heterocycles. The molecule has 3 aromatic heterocycles. The topological polar surface area (TPSA) is 98.0 Å². The third kappa shape index (κ3) is 3.65. The Morgan fingerprint density at radius 3 is 2.65 bits per heavy atom. The number of methoxy groups -OCH3 is 1. The lowest BCUT2D eigenvalue weighted by Crippen LogP contribution is -2.21. The summed E-state index contributed by atoms with van der Waals surface area (Å²) in [6, 6.07) is 5.60. The van der Waals surface area contributed by atoms with Gasteiger partial charge in [-0.25, -0.2) is 9.97 Å². The van der Waals surface area contributed by atoms with Gasteiger partial charge in [0, 0.05) is 12.2 Å². The summed E-state index contributed by atoms with van der Waals surface area (Å²) in [6.45, 7) is 5.76. The predicted octanol–water partition coefficient (Wildman–Crippen LogP) is 2.14. The van der Waals surface area contributed by atoms with Gasteiger partial charge in [0.05, 0.1) is 31.4 Å². The minimum absolute atomic E-state index is 0.0246. The number of ether oxygens (including phenoxy) is 1. The van der Waals surface area contributed by atoms with Crippen LogP contribution in [0.4, 0.5) is 5.82 Å². The van der Waals surface area contributed by atoms with Gasteiger partial charge in [-0.15, -0.1) is 10.2 Å². The first-order chi connectivity index (χ1) is 12.5. The van der Waals surface area contributed by atoms with Crippen LogP contribution in [0.5, 0.6) is 5.88 Å². The van der Waals surface area contributed by atoms with Gasteiger partial charge in [0.15, 0.2) is 5.82 Å². The number of nitrogens with one attached hydrogen (secondary N) is 1. The van der Waals surface area contributed by atoms with E-state index in [9.17, 15) is 0 Å². The third-order valence-corrected chi connectivity index (χ3v) is 3.93. The third-order valence-electron chi connectivity index (χ3n) is 3.93. The van der Waals surface area contributed by atoms with Crippen molar-refractivity contribution in [2.24, 2.45) is 0 Å². The predicted molar refractivity (Wildman–Crippen MR) is 98.6 cm³/mol. The average Bonchev–Trinajstić information content (AvgIpc) is 3.08. The number of pyridine rings is 1. The summed E-state index contributed by atoms with van der Waals surface area (Å²) in [6.07, 6.45) is 3.63. The standard InChI is InChI=1S/C18H22N6O2/c1-11-7-15(22-23-17(11)20-13(3)9-25)14-5-6-16(18(21-14)26-4)24-8-12(2)19-10-24/h5-8,10,13,25H,9H2,1-4H3,(H,20,23)/t13-/m0/s1. The van der Waals surface area contributed by atoms with E-state index >= 15 is 0 Å². The molecule has 8 nitrogen and oxygen atoms in total. The van der Waals surface area contributed by atoms with E-state index in [-0.39, 0.29) is 12.6 Å². The fraction of sp³-hybridized carbons (Fsp3) is 0.333. The first-order valence-electron chi connectivity index (χ1n) is 8.30. The highest BCUT2D eigenvalue weighted by molar-refractivity contribution is 5.61. The number of rotatable bonds is 6. The number of imidazole rings is 1. The second-order valence-corrected chi connectivity index (χ2v) is 6.14. The van der Waals surface area contributed by atoms with E-state index in [2.05, 4.69) is 25.5 Å². The quantitative estimate of drug-likeness (QED) is 0.700. The highest BCUT2D eigenvalue weighted by atomic mass is 16.5. The van der Waals surface area contributed by atoms with Gasteiger partial charge < -0.3 is 19.7 Å². The number of aliphatic hydroxyl groups excluding tert-OH is 1. The van der Waals surface area contributed by atoms with Gasteiger partial charge in [0.25, 0.3) is 0 Å². The van der Waals surface area contributed by atoms with E-state index in [0.29, 0.717) is 23.1 Å². The van der Waals surface area contributed by atoms with Gasteiger partial charge >= 0.3 is 0 Å². The molecule has 0 spiro atoms. The number of hydrogen-bond acceptors (Lipinski definition) is 7. The number of aliphatic hydroxyl groups is 1. The van der Waals surface area contributed by atoms with Crippen molar-refractivity contribution in [1.29, 1.82) is 0 Å². The second kappa shape index (κ2) is 7.49. The monoisotopic (exact) mass is 354 g/mol. The van der Waals surface area contributed by atoms with Gasteiger partial charge in [0.1, 0.15) is 11.4 Å². The summed E-state index contributed by atoms with van der Waals surface area (Å²) in [5.74, 6) is 1.13. The fourth-order valence-electron chi connectivity index (χ4n) is 2.51. The Bertz CT molecular complexity index is 908. The van der Waals surface area contributed by atoms with Crippen molar-refractivity contribution in [2.45, 2.75) is 26.8 Å². The Hall–Kier alpha value is -3.00. The molecule has 26 heavy (non-hydrogen) atoms. The molecule has 3 aromatic rings. The van der Waals surface area contributed by atoms with Gasteiger partial charge in [-0.1, -0.05) is 0 Å². The van der Waals surface area contributed by atoms with Gasteiger partial charge in [0.2, 0.25) is 5.88 Å². The molecular weight excluding hydrogens is 332 g/mol. The van der Waals surface area contributed by atoms with Crippen LogP contribution >= 0.6 is 0 Å². The van der Waals surface area contributed by atoms with E-state index in [4.69, 9.17) is 9.84 Å². The number of aromatic nitrogens is 5. The van der Waals surface area contributed by atoms with Crippen molar-refractivity contribution in [2.75, 3.05) is 19.0 Å². The van der Waals surface area contributed by atoms with E-state index in [1.807, 2.05) is 49.7 Å². The molecule has 3 rings (SSSR count). The number of anilines is 1. The van der Waals surface area contributed by atoms with Crippen molar-refractivity contribution >= 4 is 5.82 Å². The summed E-state index contributed by atoms with van der Waals surface area (Å²) < 4.78 is 7.31. The Labute approximate surface area is 151 Å². The molecule has 0 radical (unpaired) electrons. The Kier molecular flexibility index (Phi) is 5.13. The Balaban J connectivity index is 1.93. The minimum atomic E-state index is -0.0926. The molecule has 0 aliphatic carbocycles. The molecule has 0 aliphatic rings. The van der Waals surface area contributed by atoms with Crippen LogP contribution in [0.25, 0.3) is 17.1 Å². The zero-order chi connectivity index (χ0) is 18.7. The Morgan fingerprint density at radius 1 is 1.23 bits per heavy atom. The first-order valence-corrected chi connectivity index (χ1v) is 8.30. The molecule has 1 atom stereocenters. The van der Waals surface area contributed by atoms with E-state index in [1.165, 1.54) is 0 Å². The molecular formula is C18H22N6O2. The smallest absolute Gasteiger partial charge is 0.238 e. The zero-order valence-corrected chi connectivity index (χ0v) is 15.3. The highest BCUT2D eigenvalue weighted by Crippen LogP contribution is 2.26. The molecule has 0 saturated heterocycles. The summed E-state index contributed by atoms with van der Waals surface area (Å²) >= 11 is 0. The van der Waals surface area contributed by atoms with Crippen LogP contribution in [0.2, 0.25) is 0 Å². The van der Waals surface area contributed by atoms with Crippen molar-refractivity contribution in [1.82, 2.24) is 24.7 Å². The summed E-state index contributed by atoms with van der Waals surface area (Å²) in [4.78, 5) is 8.79. The SMILES string of the molecule is COc1nc(-c2cc(C)c(N[C@@H](C)CO)nn2)ccc1-n1cnc(C)c1. The van der Waals surface area contributed by atoms with E-state index < -0.39 is 0 Å². The van der Waals surface area contributed by atoms with Gasteiger partial charge in [-0.2, -0.15) is 0 Å². The van der Waals surface area contributed by atoms with Crippen LogP contribution in [0, 0.1) is 13.8 Å². The van der Waals surface area contributed by atoms with Crippen LogP contribution in [0.1, 0.15) is 18.2 Å². The summed E-state index contributed by atoms with van der Waals surface area (Å²) in [5, 5.41) is 20.7. The largest absolute Gasteiger partial charge is 0.479 e. The summed E-state index contributed by atoms with van der Waals surface area (Å²) in [7, 11) is 1.58. The number of hydrogen-bond donors (Lipinski definition) is 2. The second-order valence-electron chi connectivity index (χ2n) is 6.14. The molecule has 0 bridgehead atoms. The number of nitrogens with zero attached hydrogens (tertiary/aromatic N) is 5. The van der Waals surface area contributed by atoms with Crippen LogP contribution in [0.3, 0.4) is 0 Å². The molecule has 0 aromatic carbocycles. The molecule has 8 heteroatoms. The lowest BCUT2D eigenvalue weighted by Gasteiger charge is -2.14. The summed E-state index contributed by atoms with van der Waals surface area (Å²) in [5.41, 5.74) is 3.95. The maximum Gasteiger partial charge on any atom is 0.238 e. The molecule has 0 fully saturated rings. The maximum atomic E-state index is 9.16. The van der Waals surface area contributed by atoms with Crippen LogP contribution in [0.15, 0.2) is 30.7 Å². The van der Waals surface area contributed by atoms with E-state index in [1.54, 1.807) is 13.4 Å². The van der Waals surface area contributed by atoms with Crippen LogP contribution in [-0.4, -0.2) is 49.6 Å². The highest BCUT2D eigenvalue weighted by Gasteiger charge is 2.13. The lowest BCUT2D eigenvalue weighted by atomic mass is 10.2. The van der Waals surface area contributed by atoms with Crippen LogP contribution in [-0.2, 0) is 0 Å². The minimum Gasteiger partial charge on any atom is -0.479 e. The Morgan fingerprint density at radius 2 is 2.04 bits per heavy atom. The zero-order valence-electron chi connectivity index (χ0n) is 15.3. The molecule has 0 amide bonds. The van der Waals surface area contributed by atoms with Crippen molar-refractivity contribution in [3.05, 3.63) is 42.0 Å². The molecule has 2 N–H and O–H groups in total. The molecule has 0 unspecified atom stereocenters. The lowest BCUT2D eigenvalue weighted by molar-refractivity contribution is 0.281. The van der Waals surface area contributed by atoms with Crippen LogP contribution < -0.4 is 10.1 Å². The van der Waals surface area contributed by atoms with Crippen molar-refractivity contribution in [3.63, 3.8) is 0 Å². The van der Waals surface area contributed by atoms with E-state index in [0.717, 1.165) is 16.9 Å². The first kappa shape index (κ1) is 17.8. The maximum absolute atomic E-state index is 9.16. The van der Waals surface area contributed by atoms with Gasteiger partial charge in [-0.05, 0) is 44.5 Å². The van der Waals surface area contributed by atoms with Crippen molar-refractivity contribution < 1.29 is 9.84 Å². The fourth-order valence-corrected chi connectivity index (χ4v) is 2.51. The average molecular weight is 354 g/mol. The molecule has 3 heterocycles.